The minimum absolute atomic E-state index is 0.0310. The molecule has 1 saturated heterocycles. The molecule has 1 fully saturated rings. The second kappa shape index (κ2) is 8.74. The van der Waals surface area contributed by atoms with Crippen molar-refractivity contribution in [2.24, 2.45) is 4.99 Å². The highest BCUT2D eigenvalue weighted by Crippen LogP contribution is 2.38. The van der Waals surface area contributed by atoms with Crippen molar-refractivity contribution in [3.63, 3.8) is 0 Å². The number of benzene rings is 4. The van der Waals surface area contributed by atoms with Crippen molar-refractivity contribution in [3.05, 3.63) is 92.8 Å². The van der Waals surface area contributed by atoms with Crippen LogP contribution in [0.2, 0.25) is 5.02 Å². The molecule has 0 saturated carbocycles. The summed E-state index contributed by atoms with van der Waals surface area (Å²) in [6, 6.07) is 24.3. The number of thioether (sulfide) groups is 1. The van der Waals surface area contributed by atoms with Crippen molar-refractivity contribution < 1.29 is 4.79 Å². The maximum atomic E-state index is 13.3. The van der Waals surface area contributed by atoms with E-state index >= 15 is 0 Å². The van der Waals surface area contributed by atoms with E-state index in [4.69, 9.17) is 16.6 Å². The van der Waals surface area contributed by atoms with Crippen LogP contribution in [0.3, 0.4) is 0 Å². The summed E-state index contributed by atoms with van der Waals surface area (Å²) < 4.78 is 0.814. The summed E-state index contributed by atoms with van der Waals surface area (Å²) in [4.78, 5) is 20.3. The van der Waals surface area contributed by atoms with Gasteiger partial charge < -0.3 is 0 Å². The number of hydrogen-bond donors (Lipinski definition) is 0. The summed E-state index contributed by atoms with van der Waals surface area (Å²) in [6.45, 7) is 2.50. The van der Waals surface area contributed by atoms with Gasteiger partial charge in [0.2, 0.25) is 0 Å². The summed E-state index contributed by atoms with van der Waals surface area (Å²) in [7, 11) is 0. The van der Waals surface area contributed by atoms with Crippen molar-refractivity contribution >= 4 is 83.7 Å². The van der Waals surface area contributed by atoms with Gasteiger partial charge in [-0.2, -0.15) is 0 Å². The molecule has 0 aromatic heterocycles. The van der Waals surface area contributed by atoms with Gasteiger partial charge in [0.25, 0.3) is 5.91 Å². The summed E-state index contributed by atoms with van der Waals surface area (Å²) in [5.74, 6) is -0.0310. The fourth-order valence-corrected chi connectivity index (χ4v) is 5.34. The number of rotatable bonds is 3. The molecule has 1 heterocycles. The fourth-order valence-electron chi connectivity index (χ4n) is 3.87. The number of nitrogens with zero attached hydrogens (tertiary/aromatic N) is 2. The Kier molecular flexibility index (Phi) is 5.80. The van der Waals surface area contributed by atoms with E-state index in [-0.39, 0.29) is 5.91 Å². The predicted molar refractivity (Wildman–Crippen MR) is 141 cm³/mol. The monoisotopic (exact) mass is 520 g/mol. The summed E-state index contributed by atoms with van der Waals surface area (Å²) >= 11 is 11.0. The van der Waals surface area contributed by atoms with Crippen LogP contribution in [0.4, 0.5) is 5.69 Å². The van der Waals surface area contributed by atoms with E-state index in [1.165, 1.54) is 11.8 Å². The van der Waals surface area contributed by atoms with Gasteiger partial charge in [-0.1, -0.05) is 60.1 Å². The molecule has 0 bridgehead atoms. The topological polar surface area (TPSA) is 32.7 Å². The van der Waals surface area contributed by atoms with Crippen LogP contribution >= 0.6 is 39.3 Å². The molecule has 6 heteroatoms. The van der Waals surface area contributed by atoms with Crippen LogP contribution in [0.5, 0.6) is 0 Å². The Morgan fingerprint density at radius 2 is 1.66 bits per heavy atom. The number of aliphatic imine (C=N–C) groups is 1. The normalized spacial score (nSPS) is 16.7. The van der Waals surface area contributed by atoms with E-state index in [0.717, 1.165) is 31.6 Å². The van der Waals surface area contributed by atoms with Gasteiger partial charge >= 0.3 is 0 Å². The third-order valence-electron chi connectivity index (χ3n) is 5.42. The van der Waals surface area contributed by atoms with Gasteiger partial charge in [-0.3, -0.25) is 9.69 Å². The number of fused-ring (bicyclic) bond motifs is 2. The molecule has 1 aliphatic rings. The van der Waals surface area contributed by atoms with Crippen LogP contribution in [-0.4, -0.2) is 22.5 Å². The van der Waals surface area contributed by atoms with Crippen molar-refractivity contribution in [2.75, 3.05) is 6.54 Å². The largest absolute Gasteiger partial charge is 0.287 e. The Labute approximate surface area is 203 Å². The van der Waals surface area contributed by atoms with Crippen molar-refractivity contribution in [3.8, 4) is 0 Å². The van der Waals surface area contributed by atoms with Gasteiger partial charge in [0, 0.05) is 11.0 Å². The molecule has 5 rings (SSSR count). The molecular weight excluding hydrogens is 504 g/mol. The Hall–Kier alpha value is -2.60. The van der Waals surface area contributed by atoms with E-state index < -0.39 is 0 Å². The van der Waals surface area contributed by atoms with Crippen molar-refractivity contribution in [1.82, 2.24) is 4.90 Å². The Bertz CT molecular complexity index is 1390. The molecule has 0 N–H and O–H groups in total. The molecule has 0 aliphatic carbocycles. The molecule has 0 atom stereocenters. The molecular formula is C26H18BrClN2OS. The second-order valence-corrected chi connectivity index (χ2v) is 9.66. The quantitative estimate of drug-likeness (QED) is 0.202. The fraction of sp³-hybridized carbons (Fsp3) is 0.0769. The SMILES string of the molecule is CCN1C(=O)/C(=C/c2c3ccccc3cc3ccccc23)SC1=Nc1ccc(Br)c(Cl)c1. The van der Waals surface area contributed by atoms with E-state index in [9.17, 15) is 4.79 Å². The standard InChI is InChI=1S/C26H18BrClN2OS/c1-2-30-25(31)24(32-26(30)29-18-11-12-22(27)23(28)14-18)15-21-19-9-5-3-7-16(19)13-17-8-4-6-10-20(17)21/h3-15H,2H2,1H3/b24-15-,29-26?. The average Bonchev–Trinajstić information content (AvgIpc) is 3.09. The predicted octanol–water partition coefficient (Wildman–Crippen LogP) is 8.03. The summed E-state index contributed by atoms with van der Waals surface area (Å²) in [5.41, 5.74) is 1.77. The first-order chi connectivity index (χ1) is 15.5. The minimum Gasteiger partial charge on any atom is -0.287 e. The molecule has 4 aromatic carbocycles. The molecule has 4 aromatic rings. The number of amides is 1. The molecule has 0 spiro atoms. The molecule has 158 valence electrons. The van der Waals surface area contributed by atoms with E-state index in [1.54, 1.807) is 11.0 Å². The smallest absolute Gasteiger partial charge is 0.266 e. The minimum atomic E-state index is -0.0310. The first kappa shape index (κ1) is 21.3. The zero-order valence-corrected chi connectivity index (χ0v) is 20.3. The molecule has 0 unspecified atom stereocenters. The maximum Gasteiger partial charge on any atom is 0.266 e. The van der Waals surface area contributed by atoms with Crippen LogP contribution in [-0.2, 0) is 4.79 Å². The average molecular weight is 522 g/mol. The lowest BCUT2D eigenvalue weighted by Gasteiger charge is -2.12. The molecule has 1 amide bonds. The summed E-state index contributed by atoms with van der Waals surface area (Å²) in [6.07, 6.45) is 2.01. The number of amidine groups is 1. The van der Waals surface area contributed by atoms with Crippen molar-refractivity contribution in [1.29, 1.82) is 0 Å². The van der Waals surface area contributed by atoms with Crippen molar-refractivity contribution in [2.45, 2.75) is 6.92 Å². The number of carbonyl (C=O) groups is 1. The zero-order valence-electron chi connectivity index (χ0n) is 17.2. The Morgan fingerprint density at radius 3 is 2.28 bits per heavy atom. The van der Waals surface area contributed by atoms with Gasteiger partial charge in [0.1, 0.15) is 0 Å². The zero-order chi connectivity index (χ0) is 22.2. The van der Waals surface area contributed by atoms with Crippen LogP contribution in [0.15, 0.2) is 87.2 Å². The molecule has 32 heavy (non-hydrogen) atoms. The highest BCUT2D eigenvalue weighted by molar-refractivity contribution is 9.10. The van der Waals surface area contributed by atoms with Gasteiger partial charge in [0.15, 0.2) is 5.17 Å². The number of hydrogen-bond acceptors (Lipinski definition) is 3. The second-order valence-electron chi connectivity index (χ2n) is 7.39. The lowest BCUT2D eigenvalue weighted by molar-refractivity contribution is -0.122. The highest BCUT2D eigenvalue weighted by atomic mass is 79.9. The third-order valence-corrected chi connectivity index (χ3v) is 7.66. The number of likely N-dealkylation sites (N-methyl/N-ethyl adjacent to an activating group) is 1. The Balaban J connectivity index is 1.64. The van der Waals surface area contributed by atoms with Crippen LogP contribution < -0.4 is 0 Å². The first-order valence-corrected chi connectivity index (χ1v) is 12.2. The first-order valence-electron chi connectivity index (χ1n) is 10.2. The van der Waals surface area contributed by atoms with E-state index in [0.29, 0.717) is 27.3 Å². The van der Waals surface area contributed by atoms with E-state index in [1.807, 2.05) is 49.4 Å². The summed E-state index contributed by atoms with van der Waals surface area (Å²) in [5, 5.41) is 5.80. The number of carbonyl (C=O) groups excluding carboxylic acids is 1. The van der Waals surface area contributed by atoms with Crippen LogP contribution in [0.1, 0.15) is 12.5 Å². The van der Waals surface area contributed by atoms with E-state index in [2.05, 4.69) is 46.3 Å². The van der Waals surface area contributed by atoms with Gasteiger partial charge in [-0.05, 0) is 92.1 Å². The number of halogens is 2. The lowest BCUT2D eigenvalue weighted by atomic mass is 9.96. The molecule has 3 nitrogen and oxygen atoms in total. The molecule has 1 aliphatic heterocycles. The molecule has 0 radical (unpaired) electrons. The van der Waals surface area contributed by atoms with Gasteiger partial charge in [-0.25, -0.2) is 4.99 Å². The lowest BCUT2D eigenvalue weighted by Crippen LogP contribution is -2.28. The van der Waals surface area contributed by atoms with Crippen LogP contribution in [0.25, 0.3) is 27.6 Å². The highest BCUT2D eigenvalue weighted by Gasteiger charge is 2.32. The Morgan fingerprint density at radius 1 is 1.00 bits per heavy atom. The van der Waals surface area contributed by atoms with Gasteiger partial charge in [-0.15, -0.1) is 0 Å². The van der Waals surface area contributed by atoms with Crippen LogP contribution in [0, 0.1) is 0 Å². The van der Waals surface area contributed by atoms with Gasteiger partial charge in [0.05, 0.1) is 15.6 Å². The third kappa shape index (κ3) is 3.85. The maximum absolute atomic E-state index is 13.3.